The summed E-state index contributed by atoms with van der Waals surface area (Å²) in [5.74, 6) is -0.0161. The minimum Gasteiger partial charge on any atom is -0.350 e. The van der Waals surface area contributed by atoms with E-state index in [1.54, 1.807) is 0 Å². The first-order valence-electron chi connectivity index (χ1n) is 5.56. The average molecular weight is 221 g/mol. The first kappa shape index (κ1) is 12.6. The number of nitrogens with zero attached hydrogens (tertiary/aromatic N) is 1. The van der Waals surface area contributed by atoms with Crippen LogP contribution in [0.4, 0.5) is 0 Å². The molecule has 0 saturated carbocycles. The second kappa shape index (κ2) is 6.23. The molecule has 1 atom stereocenters. The summed E-state index contributed by atoms with van der Waals surface area (Å²) in [6, 6.07) is 5.71. The molecule has 0 fully saturated rings. The molecule has 1 aromatic heterocycles. The SMILES string of the molecule is CCC(N)CC(=O)NCc1cccc(C)n1. The van der Waals surface area contributed by atoms with E-state index >= 15 is 0 Å². The van der Waals surface area contributed by atoms with Gasteiger partial charge in [-0.05, 0) is 25.5 Å². The van der Waals surface area contributed by atoms with Crippen molar-refractivity contribution >= 4 is 5.91 Å². The molecule has 0 spiro atoms. The van der Waals surface area contributed by atoms with Crippen LogP contribution >= 0.6 is 0 Å². The lowest BCUT2D eigenvalue weighted by atomic mass is 10.1. The number of aromatic nitrogens is 1. The van der Waals surface area contributed by atoms with Gasteiger partial charge < -0.3 is 11.1 Å². The Morgan fingerprint density at radius 3 is 2.94 bits per heavy atom. The van der Waals surface area contributed by atoms with Gasteiger partial charge >= 0.3 is 0 Å². The van der Waals surface area contributed by atoms with E-state index in [1.165, 1.54) is 0 Å². The molecule has 0 aliphatic carbocycles. The molecule has 1 rings (SSSR count). The fourth-order valence-corrected chi connectivity index (χ4v) is 1.34. The van der Waals surface area contributed by atoms with E-state index in [0.717, 1.165) is 17.8 Å². The first-order valence-corrected chi connectivity index (χ1v) is 5.56. The van der Waals surface area contributed by atoms with Gasteiger partial charge in [-0.3, -0.25) is 9.78 Å². The maximum atomic E-state index is 11.5. The Kier molecular flexibility index (Phi) is 4.92. The number of pyridine rings is 1. The molecule has 0 bridgehead atoms. The van der Waals surface area contributed by atoms with E-state index in [4.69, 9.17) is 5.73 Å². The lowest BCUT2D eigenvalue weighted by Crippen LogP contribution is -2.31. The Morgan fingerprint density at radius 1 is 1.56 bits per heavy atom. The van der Waals surface area contributed by atoms with Crippen LogP contribution in [0, 0.1) is 6.92 Å². The molecule has 0 aliphatic rings. The van der Waals surface area contributed by atoms with Crippen LogP contribution in [0.2, 0.25) is 0 Å². The molecular weight excluding hydrogens is 202 g/mol. The molecule has 88 valence electrons. The predicted octanol–water partition coefficient (Wildman–Crippen LogP) is 1.13. The molecular formula is C12H19N3O. The Balaban J connectivity index is 2.37. The van der Waals surface area contributed by atoms with Crippen LogP contribution in [0.3, 0.4) is 0 Å². The fourth-order valence-electron chi connectivity index (χ4n) is 1.34. The van der Waals surface area contributed by atoms with Gasteiger partial charge in [-0.15, -0.1) is 0 Å². The summed E-state index contributed by atoms with van der Waals surface area (Å²) in [5, 5.41) is 2.81. The minimum absolute atomic E-state index is 0.0161. The van der Waals surface area contributed by atoms with Gasteiger partial charge in [0.15, 0.2) is 0 Å². The minimum atomic E-state index is -0.0505. The number of rotatable bonds is 5. The number of nitrogens with one attached hydrogen (secondary N) is 1. The highest BCUT2D eigenvalue weighted by molar-refractivity contribution is 5.76. The quantitative estimate of drug-likeness (QED) is 0.783. The zero-order valence-corrected chi connectivity index (χ0v) is 9.86. The Hall–Kier alpha value is -1.42. The number of hydrogen-bond donors (Lipinski definition) is 2. The zero-order chi connectivity index (χ0) is 12.0. The van der Waals surface area contributed by atoms with Crippen LogP contribution in [-0.2, 0) is 11.3 Å². The molecule has 1 amide bonds. The highest BCUT2D eigenvalue weighted by Crippen LogP contribution is 1.98. The molecule has 3 N–H and O–H groups in total. The molecule has 0 saturated heterocycles. The van der Waals surface area contributed by atoms with Crippen LogP contribution in [0.1, 0.15) is 31.2 Å². The van der Waals surface area contributed by atoms with Gasteiger partial charge in [0, 0.05) is 18.2 Å². The van der Waals surface area contributed by atoms with Crippen LogP contribution in [-0.4, -0.2) is 16.9 Å². The van der Waals surface area contributed by atoms with Gasteiger partial charge in [0.1, 0.15) is 0 Å². The smallest absolute Gasteiger partial charge is 0.221 e. The van der Waals surface area contributed by atoms with Crippen LogP contribution in [0.25, 0.3) is 0 Å². The Morgan fingerprint density at radius 2 is 2.31 bits per heavy atom. The summed E-state index contributed by atoms with van der Waals surface area (Å²) in [7, 11) is 0. The van der Waals surface area contributed by atoms with Crippen molar-refractivity contribution in [3.63, 3.8) is 0 Å². The van der Waals surface area contributed by atoms with Crippen LogP contribution in [0.15, 0.2) is 18.2 Å². The number of nitrogens with two attached hydrogens (primary N) is 1. The first-order chi connectivity index (χ1) is 7.61. The van der Waals surface area contributed by atoms with Crippen molar-refractivity contribution in [1.82, 2.24) is 10.3 Å². The standard InChI is InChI=1S/C12H19N3O/c1-3-10(13)7-12(16)14-8-11-6-4-5-9(2)15-11/h4-6,10H,3,7-8,13H2,1-2H3,(H,14,16). The maximum Gasteiger partial charge on any atom is 0.221 e. The Bertz CT molecular complexity index is 352. The van der Waals surface area contributed by atoms with Crippen molar-refractivity contribution in [2.24, 2.45) is 5.73 Å². The molecule has 16 heavy (non-hydrogen) atoms. The fraction of sp³-hybridized carbons (Fsp3) is 0.500. The van der Waals surface area contributed by atoms with Crippen molar-refractivity contribution in [2.75, 3.05) is 0 Å². The molecule has 4 heteroatoms. The monoisotopic (exact) mass is 221 g/mol. The molecule has 4 nitrogen and oxygen atoms in total. The number of carbonyl (C=O) groups excluding carboxylic acids is 1. The lowest BCUT2D eigenvalue weighted by Gasteiger charge is -2.09. The average Bonchev–Trinajstić information content (AvgIpc) is 2.26. The largest absolute Gasteiger partial charge is 0.350 e. The van der Waals surface area contributed by atoms with Gasteiger partial charge in [0.2, 0.25) is 5.91 Å². The van der Waals surface area contributed by atoms with Crippen molar-refractivity contribution < 1.29 is 4.79 Å². The van der Waals surface area contributed by atoms with E-state index in [0.29, 0.717) is 13.0 Å². The third kappa shape index (κ3) is 4.40. The molecule has 1 aromatic rings. The summed E-state index contributed by atoms with van der Waals surface area (Å²) >= 11 is 0. The lowest BCUT2D eigenvalue weighted by molar-refractivity contribution is -0.121. The molecule has 0 aliphatic heterocycles. The maximum absolute atomic E-state index is 11.5. The predicted molar refractivity (Wildman–Crippen MR) is 63.7 cm³/mol. The third-order valence-corrected chi connectivity index (χ3v) is 2.38. The molecule has 1 unspecified atom stereocenters. The van der Waals surface area contributed by atoms with E-state index in [1.807, 2.05) is 32.0 Å². The summed E-state index contributed by atoms with van der Waals surface area (Å²) in [5.41, 5.74) is 7.52. The topological polar surface area (TPSA) is 68.0 Å². The summed E-state index contributed by atoms with van der Waals surface area (Å²) in [6.07, 6.45) is 1.19. The number of aryl methyl sites for hydroxylation is 1. The summed E-state index contributed by atoms with van der Waals surface area (Å²) in [6.45, 7) is 4.37. The molecule has 1 heterocycles. The highest BCUT2D eigenvalue weighted by Gasteiger charge is 2.07. The second-order valence-electron chi connectivity index (χ2n) is 3.92. The second-order valence-corrected chi connectivity index (χ2v) is 3.92. The number of amides is 1. The Labute approximate surface area is 96.3 Å². The normalized spacial score (nSPS) is 12.2. The van der Waals surface area contributed by atoms with Gasteiger partial charge in [-0.2, -0.15) is 0 Å². The number of carbonyl (C=O) groups is 1. The van der Waals surface area contributed by atoms with Gasteiger partial charge in [-0.1, -0.05) is 13.0 Å². The zero-order valence-electron chi connectivity index (χ0n) is 9.86. The van der Waals surface area contributed by atoms with Crippen molar-refractivity contribution in [2.45, 2.75) is 39.3 Å². The van der Waals surface area contributed by atoms with E-state index in [-0.39, 0.29) is 11.9 Å². The third-order valence-electron chi connectivity index (χ3n) is 2.38. The summed E-state index contributed by atoms with van der Waals surface area (Å²) in [4.78, 5) is 15.8. The van der Waals surface area contributed by atoms with Gasteiger partial charge in [-0.25, -0.2) is 0 Å². The van der Waals surface area contributed by atoms with Crippen LogP contribution in [0.5, 0.6) is 0 Å². The van der Waals surface area contributed by atoms with E-state index in [9.17, 15) is 4.79 Å². The van der Waals surface area contributed by atoms with E-state index < -0.39 is 0 Å². The number of hydrogen-bond acceptors (Lipinski definition) is 3. The van der Waals surface area contributed by atoms with Gasteiger partial charge in [0.05, 0.1) is 12.2 Å². The molecule has 0 aromatic carbocycles. The van der Waals surface area contributed by atoms with Crippen molar-refractivity contribution in [3.8, 4) is 0 Å². The van der Waals surface area contributed by atoms with E-state index in [2.05, 4.69) is 10.3 Å². The van der Waals surface area contributed by atoms with Crippen molar-refractivity contribution in [1.29, 1.82) is 0 Å². The van der Waals surface area contributed by atoms with Gasteiger partial charge in [0.25, 0.3) is 0 Å². The summed E-state index contributed by atoms with van der Waals surface area (Å²) < 4.78 is 0. The highest BCUT2D eigenvalue weighted by atomic mass is 16.1. The van der Waals surface area contributed by atoms with Crippen LogP contribution < -0.4 is 11.1 Å². The molecule has 0 radical (unpaired) electrons. The van der Waals surface area contributed by atoms with Crippen molar-refractivity contribution in [3.05, 3.63) is 29.6 Å².